The summed E-state index contributed by atoms with van der Waals surface area (Å²) in [7, 11) is 0. The Kier molecular flexibility index (Phi) is 2.41. The summed E-state index contributed by atoms with van der Waals surface area (Å²) in [6, 6.07) is 1.32. The first-order chi connectivity index (χ1) is 6.79. The Labute approximate surface area is 84.3 Å². The van der Waals surface area contributed by atoms with Gasteiger partial charge in [-0.15, -0.1) is 16.7 Å². The summed E-state index contributed by atoms with van der Waals surface area (Å²) in [5.74, 6) is -0.131. The molecule has 2 aromatic rings. The molecule has 6 heteroatoms. The number of pyridine rings is 1. The topological polar surface area (TPSA) is 43.6 Å². The molecule has 0 atom stereocenters. The van der Waals surface area contributed by atoms with Crippen LogP contribution < -0.4 is 0 Å². The van der Waals surface area contributed by atoms with Crippen molar-refractivity contribution in [2.75, 3.05) is 0 Å². The Morgan fingerprint density at radius 2 is 2.29 bits per heavy atom. The van der Waals surface area contributed by atoms with Gasteiger partial charge in [0, 0.05) is 6.07 Å². The Balaban J connectivity index is 2.39. The number of hydrogen-bond donors (Lipinski definition) is 0. The number of nitrogens with zero attached hydrogens (tertiary/aromatic N) is 4. The molecule has 0 aliphatic rings. The summed E-state index contributed by atoms with van der Waals surface area (Å²) in [5.41, 5.74) is 1.16. The predicted molar refractivity (Wildman–Crippen MR) is 48.7 cm³/mol. The van der Waals surface area contributed by atoms with Crippen LogP contribution in [0.4, 0.5) is 4.39 Å². The molecule has 0 unspecified atom stereocenters. The van der Waals surface area contributed by atoms with Crippen LogP contribution in [-0.2, 0) is 5.88 Å². The van der Waals surface area contributed by atoms with Crippen molar-refractivity contribution < 1.29 is 4.39 Å². The maximum Gasteiger partial charge on any atom is 0.143 e. The first-order valence-electron chi connectivity index (χ1n) is 3.87. The predicted octanol–water partition coefficient (Wildman–Crippen LogP) is 1.54. The molecule has 0 saturated carbocycles. The molecule has 0 N–H and O–H groups in total. The van der Waals surface area contributed by atoms with E-state index in [1.807, 2.05) is 0 Å². The fraction of sp³-hybridized carbons (Fsp3) is 0.125. The van der Waals surface area contributed by atoms with Gasteiger partial charge in [0.2, 0.25) is 0 Å². The summed E-state index contributed by atoms with van der Waals surface area (Å²) >= 11 is 5.55. The summed E-state index contributed by atoms with van der Waals surface area (Å²) in [6.07, 6.45) is 4.25. The SMILES string of the molecule is Fc1cncc(-n2cc(CCl)nn2)c1. The molecule has 4 nitrogen and oxygen atoms in total. The van der Waals surface area contributed by atoms with Gasteiger partial charge in [0.15, 0.2) is 0 Å². The second kappa shape index (κ2) is 3.71. The number of alkyl halides is 1. The van der Waals surface area contributed by atoms with Gasteiger partial charge in [-0.05, 0) is 0 Å². The maximum atomic E-state index is 12.8. The van der Waals surface area contributed by atoms with Crippen LogP contribution in [0.3, 0.4) is 0 Å². The summed E-state index contributed by atoms with van der Waals surface area (Å²) in [6.45, 7) is 0. The van der Waals surface area contributed by atoms with E-state index in [0.29, 0.717) is 11.4 Å². The average Bonchev–Trinajstić information content (AvgIpc) is 2.66. The molecule has 0 saturated heterocycles. The Bertz CT molecular complexity index is 442. The molecule has 0 bridgehead atoms. The summed E-state index contributed by atoms with van der Waals surface area (Å²) in [5, 5.41) is 7.55. The highest BCUT2D eigenvalue weighted by Gasteiger charge is 2.02. The number of halogens is 2. The Hall–Kier alpha value is -1.49. The third kappa shape index (κ3) is 1.72. The summed E-state index contributed by atoms with van der Waals surface area (Å²) in [4.78, 5) is 3.70. The number of aromatic nitrogens is 4. The highest BCUT2D eigenvalue weighted by Crippen LogP contribution is 2.07. The van der Waals surface area contributed by atoms with E-state index >= 15 is 0 Å². The van der Waals surface area contributed by atoms with Gasteiger partial charge in [-0.25, -0.2) is 9.07 Å². The lowest BCUT2D eigenvalue weighted by Gasteiger charge is -1.97. The van der Waals surface area contributed by atoms with Crippen LogP contribution in [0.1, 0.15) is 5.69 Å². The van der Waals surface area contributed by atoms with Crippen LogP contribution in [-0.4, -0.2) is 20.0 Å². The third-order valence-electron chi connectivity index (χ3n) is 1.63. The van der Waals surface area contributed by atoms with Crippen LogP contribution in [0, 0.1) is 5.82 Å². The first-order valence-corrected chi connectivity index (χ1v) is 4.41. The molecule has 0 radical (unpaired) electrons. The number of rotatable bonds is 2. The van der Waals surface area contributed by atoms with Crippen molar-refractivity contribution in [3.05, 3.63) is 36.2 Å². The van der Waals surface area contributed by atoms with Gasteiger partial charge in [-0.1, -0.05) is 5.21 Å². The lowest BCUT2D eigenvalue weighted by atomic mass is 10.4. The van der Waals surface area contributed by atoms with Crippen molar-refractivity contribution in [1.29, 1.82) is 0 Å². The first kappa shape index (κ1) is 9.08. The lowest BCUT2D eigenvalue weighted by Crippen LogP contribution is -1.96. The minimum atomic E-state index is -0.412. The smallest absolute Gasteiger partial charge is 0.143 e. The van der Waals surface area contributed by atoms with E-state index in [9.17, 15) is 4.39 Å². The Morgan fingerprint density at radius 3 is 2.93 bits per heavy atom. The average molecular weight is 213 g/mol. The van der Waals surface area contributed by atoms with Crippen molar-refractivity contribution in [3.63, 3.8) is 0 Å². The van der Waals surface area contributed by atoms with E-state index in [-0.39, 0.29) is 5.88 Å². The van der Waals surface area contributed by atoms with Gasteiger partial charge in [-0.2, -0.15) is 0 Å². The second-order valence-electron chi connectivity index (χ2n) is 2.65. The monoisotopic (exact) mass is 212 g/mol. The normalized spacial score (nSPS) is 10.4. The van der Waals surface area contributed by atoms with Crippen LogP contribution >= 0.6 is 11.6 Å². The molecule has 2 heterocycles. The van der Waals surface area contributed by atoms with Gasteiger partial charge in [0.05, 0.1) is 35.9 Å². The van der Waals surface area contributed by atoms with Gasteiger partial charge < -0.3 is 0 Å². The van der Waals surface area contributed by atoms with Crippen molar-refractivity contribution >= 4 is 11.6 Å². The molecule has 0 aromatic carbocycles. The molecule has 0 fully saturated rings. The molecule has 0 spiro atoms. The van der Waals surface area contributed by atoms with Crippen molar-refractivity contribution in [3.8, 4) is 5.69 Å². The maximum absolute atomic E-state index is 12.8. The standard InChI is InChI=1S/C8H6ClFN4/c9-2-7-5-14(13-12-7)8-1-6(10)3-11-4-8/h1,3-5H,2H2. The molecule has 2 aromatic heterocycles. The van der Waals surface area contributed by atoms with E-state index < -0.39 is 5.82 Å². The van der Waals surface area contributed by atoms with Gasteiger partial charge in [0.1, 0.15) is 5.82 Å². The Morgan fingerprint density at radius 1 is 1.43 bits per heavy atom. The highest BCUT2D eigenvalue weighted by atomic mass is 35.5. The third-order valence-corrected chi connectivity index (χ3v) is 1.91. The van der Waals surface area contributed by atoms with E-state index in [1.54, 1.807) is 6.20 Å². The van der Waals surface area contributed by atoms with E-state index in [0.717, 1.165) is 6.20 Å². The van der Waals surface area contributed by atoms with Crippen LogP contribution in [0.2, 0.25) is 0 Å². The van der Waals surface area contributed by atoms with Crippen LogP contribution in [0.25, 0.3) is 5.69 Å². The molecule has 0 aliphatic heterocycles. The molecule has 14 heavy (non-hydrogen) atoms. The van der Waals surface area contributed by atoms with Crippen molar-refractivity contribution in [2.45, 2.75) is 5.88 Å². The van der Waals surface area contributed by atoms with Crippen molar-refractivity contribution in [2.24, 2.45) is 0 Å². The minimum Gasteiger partial charge on any atom is -0.259 e. The van der Waals surface area contributed by atoms with Gasteiger partial charge in [-0.3, -0.25) is 4.98 Å². The summed E-state index contributed by atoms with van der Waals surface area (Å²) < 4.78 is 14.2. The molecule has 0 aliphatic carbocycles. The van der Waals surface area contributed by atoms with Crippen LogP contribution in [0.15, 0.2) is 24.7 Å². The zero-order chi connectivity index (χ0) is 9.97. The molecule has 0 amide bonds. The second-order valence-corrected chi connectivity index (χ2v) is 2.92. The van der Waals surface area contributed by atoms with Gasteiger partial charge >= 0.3 is 0 Å². The molecule has 2 rings (SSSR count). The lowest BCUT2D eigenvalue weighted by molar-refractivity contribution is 0.617. The largest absolute Gasteiger partial charge is 0.259 e. The van der Waals surface area contributed by atoms with E-state index in [1.165, 1.54) is 16.9 Å². The minimum absolute atomic E-state index is 0.281. The van der Waals surface area contributed by atoms with E-state index in [2.05, 4.69) is 15.3 Å². The van der Waals surface area contributed by atoms with Crippen LogP contribution in [0.5, 0.6) is 0 Å². The fourth-order valence-corrected chi connectivity index (χ4v) is 1.13. The molecule has 72 valence electrons. The quantitative estimate of drug-likeness (QED) is 0.710. The number of hydrogen-bond acceptors (Lipinski definition) is 3. The molecular weight excluding hydrogens is 207 g/mol. The van der Waals surface area contributed by atoms with Crippen molar-refractivity contribution in [1.82, 2.24) is 20.0 Å². The fourth-order valence-electron chi connectivity index (χ4n) is 1.01. The zero-order valence-corrected chi connectivity index (χ0v) is 7.82. The zero-order valence-electron chi connectivity index (χ0n) is 7.06. The van der Waals surface area contributed by atoms with Gasteiger partial charge in [0.25, 0.3) is 0 Å². The molecular formula is C8H6ClFN4. The van der Waals surface area contributed by atoms with E-state index in [4.69, 9.17) is 11.6 Å². The highest BCUT2D eigenvalue weighted by molar-refractivity contribution is 6.16.